The molecule has 3 N–H and O–H groups in total. The van der Waals surface area contributed by atoms with Crippen molar-refractivity contribution in [2.75, 3.05) is 17.7 Å². The highest BCUT2D eigenvalue weighted by Crippen LogP contribution is 2.29. The van der Waals surface area contributed by atoms with Crippen molar-refractivity contribution in [2.45, 2.75) is 6.92 Å². The molecule has 0 atom stereocenters. The molecule has 7 heteroatoms. The minimum Gasteiger partial charge on any atom is -0.462 e. The van der Waals surface area contributed by atoms with Crippen LogP contribution in [0, 0.1) is 0 Å². The van der Waals surface area contributed by atoms with E-state index in [0.717, 1.165) is 14.6 Å². The molecule has 1 aromatic heterocycles. The first-order valence-electron chi connectivity index (χ1n) is 6.16. The Morgan fingerprint density at radius 2 is 2.14 bits per heavy atom. The largest absolute Gasteiger partial charge is 0.462 e. The number of carbonyl (C=O) groups is 1. The summed E-state index contributed by atoms with van der Waals surface area (Å²) < 4.78 is 6.77. The zero-order valence-corrected chi connectivity index (χ0v) is 14.4. The maximum atomic E-state index is 11.8. The first-order valence-corrected chi connectivity index (χ1v) is 7.74. The summed E-state index contributed by atoms with van der Waals surface area (Å²) in [6.45, 7) is 2.04. The van der Waals surface area contributed by atoms with E-state index >= 15 is 0 Å². The van der Waals surface area contributed by atoms with Crippen LogP contribution in [0.2, 0.25) is 0 Å². The van der Waals surface area contributed by atoms with Gasteiger partial charge in [0.1, 0.15) is 5.82 Å². The molecule has 5 nitrogen and oxygen atoms in total. The molecule has 2 aromatic rings. The fourth-order valence-corrected chi connectivity index (χ4v) is 2.36. The second-order valence-corrected chi connectivity index (χ2v) is 5.90. The van der Waals surface area contributed by atoms with Gasteiger partial charge >= 0.3 is 5.97 Å². The number of nitrogen functional groups attached to an aromatic ring is 1. The maximum Gasteiger partial charge on any atom is 0.340 e. The predicted molar refractivity (Wildman–Crippen MR) is 89.7 cm³/mol. The number of rotatable bonds is 4. The molecule has 2 rings (SSSR count). The minimum absolute atomic E-state index is 0.285. The van der Waals surface area contributed by atoms with Crippen LogP contribution in [0.15, 0.2) is 39.4 Å². The van der Waals surface area contributed by atoms with E-state index in [-0.39, 0.29) is 5.69 Å². The Morgan fingerprint density at radius 3 is 2.86 bits per heavy atom. The molecule has 0 saturated carbocycles. The van der Waals surface area contributed by atoms with Crippen molar-refractivity contribution < 1.29 is 9.53 Å². The molecule has 0 bridgehead atoms. The molecular formula is C14H13Br2N3O2. The minimum atomic E-state index is -0.464. The number of halogens is 2. The third-order valence-electron chi connectivity index (χ3n) is 2.62. The number of aromatic nitrogens is 1. The van der Waals surface area contributed by atoms with E-state index in [0.29, 0.717) is 18.0 Å². The average Bonchev–Trinajstić information content (AvgIpc) is 2.45. The number of pyridine rings is 1. The van der Waals surface area contributed by atoms with E-state index in [1.807, 2.05) is 18.2 Å². The highest BCUT2D eigenvalue weighted by Gasteiger charge is 2.13. The summed E-state index contributed by atoms with van der Waals surface area (Å²) in [4.78, 5) is 16.0. The van der Waals surface area contributed by atoms with Gasteiger partial charge in [-0.2, -0.15) is 0 Å². The number of nitrogens with zero attached hydrogens (tertiary/aromatic N) is 1. The quantitative estimate of drug-likeness (QED) is 0.736. The van der Waals surface area contributed by atoms with Gasteiger partial charge in [-0.25, -0.2) is 9.78 Å². The van der Waals surface area contributed by atoms with Crippen LogP contribution in [0.1, 0.15) is 17.3 Å². The van der Waals surface area contributed by atoms with Gasteiger partial charge in [-0.3, -0.25) is 0 Å². The third-order valence-corrected chi connectivity index (χ3v) is 3.81. The SMILES string of the molecule is CCOC(=O)c1cc(Nc2cc(Br)ccc2Br)ncc1N. The molecule has 0 unspecified atom stereocenters. The van der Waals surface area contributed by atoms with Crippen LogP contribution in [-0.4, -0.2) is 17.6 Å². The zero-order chi connectivity index (χ0) is 15.4. The van der Waals surface area contributed by atoms with Crippen molar-refractivity contribution in [3.8, 4) is 0 Å². The standard InChI is InChI=1S/C14H13Br2N3O2/c1-2-21-14(20)9-6-13(18-7-11(9)17)19-12-5-8(15)3-4-10(12)16/h3-7H,2,17H2,1H3,(H,18,19). The summed E-state index contributed by atoms with van der Waals surface area (Å²) in [6.07, 6.45) is 1.43. The number of nitrogens with two attached hydrogens (primary N) is 1. The van der Waals surface area contributed by atoms with Gasteiger partial charge in [-0.1, -0.05) is 15.9 Å². The predicted octanol–water partition coefficient (Wildman–Crippen LogP) is 4.11. The molecule has 0 aliphatic rings. The van der Waals surface area contributed by atoms with E-state index in [4.69, 9.17) is 10.5 Å². The number of hydrogen-bond acceptors (Lipinski definition) is 5. The van der Waals surface area contributed by atoms with Crippen LogP contribution in [0.5, 0.6) is 0 Å². The Bertz CT molecular complexity index is 677. The second kappa shape index (κ2) is 6.91. The lowest BCUT2D eigenvalue weighted by Crippen LogP contribution is -2.09. The Balaban J connectivity index is 2.31. The maximum absolute atomic E-state index is 11.8. The van der Waals surface area contributed by atoms with Gasteiger partial charge in [0.25, 0.3) is 0 Å². The summed E-state index contributed by atoms with van der Waals surface area (Å²) in [5.41, 5.74) is 7.15. The monoisotopic (exact) mass is 413 g/mol. The van der Waals surface area contributed by atoms with Crippen molar-refractivity contribution in [1.29, 1.82) is 0 Å². The number of hydrogen-bond donors (Lipinski definition) is 2. The van der Waals surface area contributed by atoms with Crippen LogP contribution in [0.4, 0.5) is 17.2 Å². The smallest absolute Gasteiger partial charge is 0.340 e. The molecule has 1 aromatic carbocycles. The molecule has 0 fully saturated rings. The molecule has 110 valence electrons. The van der Waals surface area contributed by atoms with Crippen molar-refractivity contribution in [1.82, 2.24) is 4.98 Å². The third kappa shape index (κ3) is 3.95. The first kappa shape index (κ1) is 15.8. The average molecular weight is 415 g/mol. The van der Waals surface area contributed by atoms with Crippen LogP contribution in [-0.2, 0) is 4.74 Å². The molecule has 0 saturated heterocycles. The molecular weight excluding hydrogens is 402 g/mol. The lowest BCUT2D eigenvalue weighted by molar-refractivity contribution is 0.0527. The first-order chi connectivity index (χ1) is 10.0. The van der Waals surface area contributed by atoms with Crippen LogP contribution < -0.4 is 11.1 Å². The second-order valence-electron chi connectivity index (χ2n) is 4.13. The fraction of sp³-hybridized carbons (Fsp3) is 0.143. The molecule has 1 heterocycles. The number of nitrogens with one attached hydrogen (secondary N) is 1. The summed E-state index contributed by atoms with van der Waals surface area (Å²) in [6, 6.07) is 7.28. The normalized spacial score (nSPS) is 10.2. The van der Waals surface area contributed by atoms with E-state index in [9.17, 15) is 4.79 Å². The summed E-state index contributed by atoms with van der Waals surface area (Å²) in [5, 5.41) is 3.13. The number of benzene rings is 1. The van der Waals surface area contributed by atoms with E-state index in [1.54, 1.807) is 13.0 Å². The van der Waals surface area contributed by atoms with Gasteiger partial charge < -0.3 is 15.8 Å². The molecule has 0 amide bonds. The van der Waals surface area contributed by atoms with E-state index < -0.39 is 5.97 Å². The number of ether oxygens (including phenoxy) is 1. The van der Waals surface area contributed by atoms with Gasteiger partial charge in [0, 0.05) is 8.95 Å². The molecule has 0 spiro atoms. The van der Waals surface area contributed by atoms with E-state index in [1.165, 1.54) is 6.20 Å². The highest BCUT2D eigenvalue weighted by atomic mass is 79.9. The van der Waals surface area contributed by atoms with Crippen molar-refractivity contribution in [2.24, 2.45) is 0 Å². The zero-order valence-electron chi connectivity index (χ0n) is 11.2. The van der Waals surface area contributed by atoms with Gasteiger partial charge in [0.2, 0.25) is 0 Å². The summed E-state index contributed by atoms with van der Waals surface area (Å²) in [5.74, 6) is 0.0415. The molecule has 0 aliphatic heterocycles. The van der Waals surface area contributed by atoms with Crippen LogP contribution >= 0.6 is 31.9 Å². The number of anilines is 3. The molecule has 0 aliphatic carbocycles. The Kier molecular flexibility index (Phi) is 5.19. The topological polar surface area (TPSA) is 77.2 Å². The van der Waals surface area contributed by atoms with Gasteiger partial charge in [-0.05, 0) is 47.1 Å². The lowest BCUT2D eigenvalue weighted by Gasteiger charge is -2.11. The number of esters is 1. The van der Waals surface area contributed by atoms with Gasteiger partial charge in [0.05, 0.1) is 29.7 Å². The highest BCUT2D eigenvalue weighted by molar-refractivity contribution is 9.11. The van der Waals surface area contributed by atoms with Crippen molar-refractivity contribution in [3.05, 3.63) is 45.0 Å². The Hall–Kier alpha value is -1.60. The Morgan fingerprint density at radius 1 is 1.38 bits per heavy atom. The lowest BCUT2D eigenvalue weighted by atomic mass is 10.2. The Labute approximate surface area is 139 Å². The van der Waals surface area contributed by atoms with Crippen molar-refractivity contribution in [3.63, 3.8) is 0 Å². The van der Waals surface area contributed by atoms with Crippen molar-refractivity contribution >= 4 is 55.0 Å². The van der Waals surface area contributed by atoms with E-state index in [2.05, 4.69) is 42.2 Å². The van der Waals surface area contributed by atoms with Gasteiger partial charge in [-0.15, -0.1) is 0 Å². The molecule has 21 heavy (non-hydrogen) atoms. The summed E-state index contributed by atoms with van der Waals surface area (Å²) in [7, 11) is 0. The number of carbonyl (C=O) groups excluding carboxylic acids is 1. The molecule has 0 radical (unpaired) electrons. The van der Waals surface area contributed by atoms with Gasteiger partial charge in [0.15, 0.2) is 0 Å². The fourth-order valence-electron chi connectivity index (χ4n) is 1.65. The van der Waals surface area contributed by atoms with Crippen LogP contribution in [0.3, 0.4) is 0 Å². The van der Waals surface area contributed by atoms with Crippen LogP contribution in [0.25, 0.3) is 0 Å². The summed E-state index contributed by atoms with van der Waals surface area (Å²) >= 11 is 6.85.